The number of benzene rings is 1. The Balaban J connectivity index is 2.66. The SMILES string of the molecule is Cc1cc(OCCC(=O)O)cc(C)c1C. The van der Waals surface area contributed by atoms with Gasteiger partial charge in [-0.25, -0.2) is 0 Å². The fourth-order valence-corrected chi connectivity index (χ4v) is 1.34. The van der Waals surface area contributed by atoms with Crippen LogP contribution in [0, 0.1) is 20.8 Å². The quantitative estimate of drug-likeness (QED) is 0.826. The minimum atomic E-state index is -0.837. The van der Waals surface area contributed by atoms with Crippen molar-refractivity contribution < 1.29 is 14.6 Å². The summed E-state index contributed by atoms with van der Waals surface area (Å²) in [5, 5.41) is 8.46. The average Bonchev–Trinajstić information content (AvgIpc) is 2.13. The topological polar surface area (TPSA) is 46.5 Å². The zero-order chi connectivity index (χ0) is 11.4. The first-order valence-electron chi connectivity index (χ1n) is 4.93. The van der Waals surface area contributed by atoms with Gasteiger partial charge in [0.05, 0.1) is 13.0 Å². The van der Waals surface area contributed by atoms with Gasteiger partial charge in [0.2, 0.25) is 0 Å². The van der Waals surface area contributed by atoms with Crippen LogP contribution in [0.5, 0.6) is 5.75 Å². The molecule has 0 aliphatic heterocycles. The number of aryl methyl sites for hydroxylation is 2. The van der Waals surface area contributed by atoms with Crippen LogP contribution in [-0.4, -0.2) is 17.7 Å². The lowest BCUT2D eigenvalue weighted by Crippen LogP contribution is -2.05. The molecule has 1 N–H and O–H groups in total. The van der Waals surface area contributed by atoms with E-state index in [-0.39, 0.29) is 13.0 Å². The monoisotopic (exact) mass is 208 g/mol. The van der Waals surface area contributed by atoms with Crippen LogP contribution in [0.4, 0.5) is 0 Å². The first kappa shape index (κ1) is 11.6. The summed E-state index contributed by atoms with van der Waals surface area (Å²) in [5.41, 5.74) is 3.58. The fraction of sp³-hybridized carbons (Fsp3) is 0.417. The van der Waals surface area contributed by atoms with Crippen LogP contribution >= 0.6 is 0 Å². The van der Waals surface area contributed by atoms with Gasteiger partial charge >= 0.3 is 5.97 Å². The summed E-state index contributed by atoms with van der Waals surface area (Å²) in [6.45, 7) is 6.32. The molecule has 0 radical (unpaired) electrons. The fourth-order valence-electron chi connectivity index (χ4n) is 1.34. The number of carboxylic acids is 1. The standard InChI is InChI=1S/C12H16O3/c1-8-6-11(7-9(2)10(8)3)15-5-4-12(13)14/h6-7H,4-5H2,1-3H3,(H,13,14). The Morgan fingerprint density at radius 2 is 1.80 bits per heavy atom. The highest BCUT2D eigenvalue weighted by molar-refractivity contribution is 5.66. The molecule has 3 nitrogen and oxygen atoms in total. The van der Waals surface area contributed by atoms with Crippen molar-refractivity contribution in [3.63, 3.8) is 0 Å². The Morgan fingerprint density at radius 1 is 1.27 bits per heavy atom. The summed E-state index contributed by atoms with van der Waals surface area (Å²) in [6, 6.07) is 3.87. The molecule has 82 valence electrons. The molecule has 1 rings (SSSR count). The third kappa shape index (κ3) is 3.27. The van der Waals surface area contributed by atoms with Crippen LogP contribution in [0.1, 0.15) is 23.1 Å². The van der Waals surface area contributed by atoms with E-state index >= 15 is 0 Å². The molecule has 15 heavy (non-hydrogen) atoms. The zero-order valence-electron chi connectivity index (χ0n) is 9.33. The maximum Gasteiger partial charge on any atom is 0.306 e. The van der Waals surface area contributed by atoms with E-state index in [2.05, 4.69) is 6.92 Å². The van der Waals surface area contributed by atoms with Crippen LogP contribution in [0.15, 0.2) is 12.1 Å². The van der Waals surface area contributed by atoms with E-state index in [4.69, 9.17) is 9.84 Å². The van der Waals surface area contributed by atoms with Gasteiger partial charge in [0.25, 0.3) is 0 Å². The summed E-state index contributed by atoms with van der Waals surface area (Å²) in [5.74, 6) is -0.0904. The van der Waals surface area contributed by atoms with Crippen molar-refractivity contribution in [3.05, 3.63) is 28.8 Å². The molecule has 0 aliphatic rings. The van der Waals surface area contributed by atoms with Gasteiger partial charge < -0.3 is 9.84 Å². The molecule has 1 aromatic carbocycles. The number of rotatable bonds is 4. The second-order valence-corrected chi connectivity index (χ2v) is 3.67. The highest BCUT2D eigenvalue weighted by atomic mass is 16.5. The van der Waals surface area contributed by atoms with Crippen LogP contribution in [0.25, 0.3) is 0 Å². The van der Waals surface area contributed by atoms with Crippen LogP contribution < -0.4 is 4.74 Å². The second kappa shape index (κ2) is 4.82. The molecular weight excluding hydrogens is 192 g/mol. The first-order valence-corrected chi connectivity index (χ1v) is 4.93. The van der Waals surface area contributed by atoms with Gasteiger partial charge in [-0.15, -0.1) is 0 Å². The number of ether oxygens (including phenoxy) is 1. The van der Waals surface area contributed by atoms with Gasteiger partial charge in [-0.2, -0.15) is 0 Å². The van der Waals surface area contributed by atoms with Crippen molar-refractivity contribution in [2.75, 3.05) is 6.61 Å². The number of carboxylic acid groups (broad SMARTS) is 1. The minimum absolute atomic E-state index is 0.0337. The lowest BCUT2D eigenvalue weighted by atomic mass is 10.0. The lowest BCUT2D eigenvalue weighted by molar-refractivity contribution is -0.137. The van der Waals surface area contributed by atoms with Gasteiger partial charge in [-0.1, -0.05) is 0 Å². The van der Waals surface area contributed by atoms with Crippen molar-refractivity contribution >= 4 is 5.97 Å². The molecular formula is C12H16O3. The number of hydrogen-bond donors (Lipinski definition) is 1. The van der Waals surface area contributed by atoms with E-state index in [0.29, 0.717) is 0 Å². The van der Waals surface area contributed by atoms with Gasteiger partial charge in [0.1, 0.15) is 5.75 Å². The maximum absolute atomic E-state index is 10.3. The Kier molecular flexibility index (Phi) is 3.72. The van der Waals surface area contributed by atoms with Crippen molar-refractivity contribution in [1.29, 1.82) is 0 Å². The Labute approximate surface area is 89.7 Å². The van der Waals surface area contributed by atoms with Gasteiger partial charge in [0.15, 0.2) is 0 Å². The second-order valence-electron chi connectivity index (χ2n) is 3.67. The molecule has 0 saturated heterocycles. The first-order chi connectivity index (χ1) is 7.00. The van der Waals surface area contributed by atoms with E-state index in [0.717, 1.165) is 5.75 Å². The Morgan fingerprint density at radius 3 is 2.27 bits per heavy atom. The molecule has 0 unspecified atom stereocenters. The largest absolute Gasteiger partial charge is 0.493 e. The average molecular weight is 208 g/mol. The number of aliphatic carboxylic acids is 1. The molecule has 1 aromatic rings. The summed E-state index contributed by atoms with van der Waals surface area (Å²) < 4.78 is 5.35. The van der Waals surface area contributed by atoms with Crippen molar-refractivity contribution in [2.24, 2.45) is 0 Å². The third-order valence-corrected chi connectivity index (χ3v) is 2.49. The smallest absolute Gasteiger partial charge is 0.306 e. The summed E-state index contributed by atoms with van der Waals surface area (Å²) in [4.78, 5) is 10.3. The Bertz CT molecular complexity index is 346. The predicted octanol–water partition coefficient (Wildman–Crippen LogP) is 2.47. The van der Waals surface area contributed by atoms with Gasteiger partial charge in [0, 0.05) is 0 Å². The summed E-state index contributed by atoms with van der Waals surface area (Å²) in [6.07, 6.45) is 0.0337. The number of hydrogen-bond acceptors (Lipinski definition) is 2. The molecule has 0 aromatic heterocycles. The molecule has 0 aliphatic carbocycles. The van der Waals surface area contributed by atoms with Crippen LogP contribution in [0.3, 0.4) is 0 Å². The molecule has 0 heterocycles. The Hall–Kier alpha value is -1.51. The molecule has 0 saturated carbocycles. The molecule has 0 fully saturated rings. The van der Waals surface area contributed by atoms with Crippen molar-refractivity contribution in [1.82, 2.24) is 0 Å². The molecule has 3 heteroatoms. The lowest BCUT2D eigenvalue weighted by Gasteiger charge is -2.09. The maximum atomic E-state index is 10.3. The molecule has 0 spiro atoms. The summed E-state index contributed by atoms with van der Waals surface area (Å²) in [7, 11) is 0. The number of carbonyl (C=O) groups is 1. The van der Waals surface area contributed by atoms with E-state index in [9.17, 15) is 4.79 Å². The van der Waals surface area contributed by atoms with E-state index in [1.165, 1.54) is 16.7 Å². The molecule has 0 amide bonds. The minimum Gasteiger partial charge on any atom is -0.493 e. The van der Waals surface area contributed by atoms with Crippen LogP contribution in [-0.2, 0) is 4.79 Å². The highest BCUT2D eigenvalue weighted by Crippen LogP contribution is 2.20. The summed E-state index contributed by atoms with van der Waals surface area (Å²) >= 11 is 0. The zero-order valence-corrected chi connectivity index (χ0v) is 9.33. The predicted molar refractivity (Wildman–Crippen MR) is 58.4 cm³/mol. The third-order valence-electron chi connectivity index (χ3n) is 2.49. The van der Waals surface area contributed by atoms with E-state index < -0.39 is 5.97 Å². The molecule has 0 atom stereocenters. The van der Waals surface area contributed by atoms with Crippen molar-refractivity contribution in [3.8, 4) is 5.75 Å². The highest BCUT2D eigenvalue weighted by Gasteiger charge is 2.03. The van der Waals surface area contributed by atoms with Crippen LogP contribution in [0.2, 0.25) is 0 Å². The molecule has 0 bridgehead atoms. The van der Waals surface area contributed by atoms with E-state index in [1.807, 2.05) is 26.0 Å². The van der Waals surface area contributed by atoms with Crippen molar-refractivity contribution in [2.45, 2.75) is 27.2 Å². The normalized spacial score (nSPS) is 10.1. The van der Waals surface area contributed by atoms with Gasteiger partial charge in [-0.3, -0.25) is 4.79 Å². The van der Waals surface area contributed by atoms with E-state index in [1.54, 1.807) is 0 Å². The van der Waals surface area contributed by atoms with Gasteiger partial charge in [-0.05, 0) is 49.6 Å².